The first-order chi connectivity index (χ1) is 4.93. The molecule has 0 atom stereocenters. The van der Waals surface area contributed by atoms with E-state index in [0.717, 1.165) is 5.06 Å². The third-order valence-corrected chi connectivity index (χ3v) is 1.58. The first kappa shape index (κ1) is 8.04. The fraction of sp³-hybridized carbons (Fsp3) is 0.714. The summed E-state index contributed by atoms with van der Waals surface area (Å²) in [6, 6.07) is 0. The molecule has 0 spiro atoms. The Kier molecular flexibility index (Phi) is 1.62. The number of carbonyl (C=O) groups excluding carboxylic acids is 2. The molecular weight excluding hydrogens is 146 g/mol. The quantitative estimate of drug-likeness (QED) is 0.515. The van der Waals surface area contributed by atoms with Crippen LogP contribution >= 0.6 is 0 Å². The van der Waals surface area contributed by atoms with Gasteiger partial charge in [0.1, 0.15) is 0 Å². The summed E-state index contributed by atoms with van der Waals surface area (Å²) < 4.78 is 0. The smallest absolute Gasteiger partial charge is 0.329 e. The van der Waals surface area contributed by atoms with Gasteiger partial charge in [-0.3, -0.25) is 9.59 Å². The van der Waals surface area contributed by atoms with Crippen molar-refractivity contribution in [1.82, 2.24) is 5.06 Å². The molecule has 4 nitrogen and oxygen atoms in total. The monoisotopic (exact) mass is 157 g/mol. The van der Waals surface area contributed by atoms with Gasteiger partial charge in [0.2, 0.25) is 0 Å². The van der Waals surface area contributed by atoms with E-state index in [-0.39, 0.29) is 11.3 Å². The van der Waals surface area contributed by atoms with E-state index < -0.39 is 5.97 Å². The van der Waals surface area contributed by atoms with E-state index in [1.807, 2.05) is 13.8 Å². The average molecular weight is 157 g/mol. The van der Waals surface area contributed by atoms with Crippen LogP contribution in [0.4, 0.5) is 0 Å². The Morgan fingerprint density at radius 1 is 1.64 bits per heavy atom. The van der Waals surface area contributed by atoms with Crippen LogP contribution in [0.25, 0.3) is 0 Å². The zero-order valence-electron chi connectivity index (χ0n) is 6.88. The van der Waals surface area contributed by atoms with Crippen LogP contribution in [-0.4, -0.2) is 23.5 Å². The van der Waals surface area contributed by atoms with Gasteiger partial charge in [0.05, 0.1) is 12.0 Å². The Morgan fingerprint density at radius 2 is 2.18 bits per heavy atom. The molecule has 4 heteroatoms. The minimum atomic E-state index is -0.450. The number of carbonyl (C=O) groups is 2. The van der Waals surface area contributed by atoms with Crippen molar-refractivity contribution in [2.75, 3.05) is 6.54 Å². The zero-order valence-corrected chi connectivity index (χ0v) is 6.88. The van der Waals surface area contributed by atoms with Gasteiger partial charge in [-0.25, -0.2) is 0 Å². The Morgan fingerprint density at radius 3 is 2.45 bits per heavy atom. The predicted octanol–water partition coefficient (Wildman–Crippen LogP) is 0.333. The van der Waals surface area contributed by atoms with Crippen LogP contribution in [0.3, 0.4) is 0 Å². The molecule has 1 aliphatic rings. The lowest BCUT2D eigenvalue weighted by molar-refractivity contribution is -0.229. The molecule has 1 rings (SSSR count). The molecule has 0 unspecified atom stereocenters. The minimum absolute atomic E-state index is 0.132. The second kappa shape index (κ2) is 2.22. The number of nitrogens with zero attached hydrogens (tertiary/aromatic N) is 1. The van der Waals surface area contributed by atoms with Gasteiger partial charge in [-0.1, -0.05) is 0 Å². The average Bonchev–Trinajstić information content (AvgIpc) is 1.85. The first-order valence-electron chi connectivity index (χ1n) is 3.44. The lowest BCUT2D eigenvalue weighted by Gasteiger charge is -2.41. The van der Waals surface area contributed by atoms with Crippen molar-refractivity contribution in [3.63, 3.8) is 0 Å². The molecule has 11 heavy (non-hydrogen) atoms. The maximum Gasteiger partial charge on any atom is 0.329 e. The molecule has 1 fully saturated rings. The molecule has 0 N–H and O–H groups in total. The van der Waals surface area contributed by atoms with Crippen LogP contribution < -0.4 is 0 Å². The summed E-state index contributed by atoms with van der Waals surface area (Å²) in [5, 5.41) is 1.09. The highest BCUT2D eigenvalue weighted by molar-refractivity contribution is 5.88. The number of β-lactam (4-membered cyclic amide) rings is 1. The molecule has 1 saturated heterocycles. The van der Waals surface area contributed by atoms with Crippen LogP contribution in [-0.2, 0) is 14.4 Å². The number of hydroxylamine groups is 2. The predicted molar refractivity (Wildman–Crippen MR) is 37.3 cm³/mol. The van der Waals surface area contributed by atoms with E-state index in [1.54, 1.807) is 0 Å². The van der Waals surface area contributed by atoms with Gasteiger partial charge in [-0.2, -0.15) is 5.06 Å². The fourth-order valence-corrected chi connectivity index (χ4v) is 0.974. The van der Waals surface area contributed by atoms with Crippen molar-refractivity contribution in [2.24, 2.45) is 5.41 Å². The SMILES string of the molecule is CC(=O)ON1CC(C)(C)C1=O. The molecule has 1 aliphatic heterocycles. The lowest BCUT2D eigenvalue weighted by atomic mass is 9.85. The summed E-state index contributed by atoms with van der Waals surface area (Å²) in [5.74, 6) is -0.582. The zero-order chi connectivity index (χ0) is 8.65. The molecule has 0 bridgehead atoms. The topological polar surface area (TPSA) is 46.6 Å². The summed E-state index contributed by atoms with van der Waals surface area (Å²) in [7, 11) is 0. The summed E-state index contributed by atoms with van der Waals surface area (Å²) in [4.78, 5) is 26.0. The van der Waals surface area contributed by atoms with Crippen molar-refractivity contribution in [1.29, 1.82) is 0 Å². The minimum Gasteiger partial charge on any atom is -0.338 e. The summed E-state index contributed by atoms with van der Waals surface area (Å²) >= 11 is 0. The van der Waals surface area contributed by atoms with Gasteiger partial charge in [0, 0.05) is 6.92 Å². The van der Waals surface area contributed by atoms with E-state index in [4.69, 9.17) is 0 Å². The van der Waals surface area contributed by atoms with Crippen LogP contribution in [0.15, 0.2) is 0 Å². The van der Waals surface area contributed by atoms with E-state index in [0.29, 0.717) is 6.54 Å². The van der Waals surface area contributed by atoms with E-state index in [9.17, 15) is 9.59 Å². The highest BCUT2D eigenvalue weighted by Gasteiger charge is 2.46. The summed E-state index contributed by atoms with van der Waals surface area (Å²) in [6.45, 7) is 5.40. The molecule has 0 aromatic rings. The van der Waals surface area contributed by atoms with Crippen molar-refractivity contribution in [3.8, 4) is 0 Å². The standard InChI is InChI=1S/C7H11NO3/c1-5(9)11-8-4-7(2,3)6(8)10/h4H2,1-3H3. The van der Waals surface area contributed by atoms with Gasteiger partial charge in [-0.15, -0.1) is 0 Å². The highest BCUT2D eigenvalue weighted by atomic mass is 16.7. The van der Waals surface area contributed by atoms with Crippen LogP contribution in [0, 0.1) is 5.41 Å². The molecule has 0 aromatic carbocycles. The Labute approximate surface area is 65.1 Å². The highest BCUT2D eigenvalue weighted by Crippen LogP contribution is 2.30. The number of rotatable bonds is 1. The molecule has 1 heterocycles. The van der Waals surface area contributed by atoms with Crippen LogP contribution in [0.2, 0.25) is 0 Å². The number of hydrogen-bond acceptors (Lipinski definition) is 3. The lowest BCUT2D eigenvalue weighted by Crippen LogP contribution is -2.58. The number of amides is 1. The van der Waals surface area contributed by atoms with Crippen molar-refractivity contribution >= 4 is 11.9 Å². The van der Waals surface area contributed by atoms with E-state index in [1.165, 1.54) is 6.92 Å². The van der Waals surface area contributed by atoms with E-state index in [2.05, 4.69) is 4.84 Å². The summed E-state index contributed by atoms with van der Waals surface area (Å²) in [5.41, 5.74) is -0.352. The maximum atomic E-state index is 11.1. The third-order valence-electron chi connectivity index (χ3n) is 1.58. The molecule has 0 aromatic heterocycles. The fourth-order valence-electron chi connectivity index (χ4n) is 0.974. The Bertz CT molecular complexity index is 210. The van der Waals surface area contributed by atoms with Gasteiger partial charge in [0.15, 0.2) is 0 Å². The van der Waals surface area contributed by atoms with Gasteiger partial charge >= 0.3 is 5.97 Å². The molecule has 1 amide bonds. The second-order valence-electron chi connectivity index (χ2n) is 3.31. The normalized spacial score (nSPS) is 21.0. The van der Waals surface area contributed by atoms with Crippen molar-refractivity contribution in [3.05, 3.63) is 0 Å². The molecular formula is C7H11NO3. The second-order valence-corrected chi connectivity index (χ2v) is 3.31. The largest absolute Gasteiger partial charge is 0.338 e. The van der Waals surface area contributed by atoms with Crippen molar-refractivity contribution < 1.29 is 14.4 Å². The first-order valence-corrected chi connectivity index (χ1v) is 3.44. The molecule has 0 radical (unpaired) electrons. The molecule has 62 valence electrons. The summed E-state index contributed by atoms with van der Waals surface area (Å²) in [6.07, 6.45) is 0. The third kappa shape index (κ3) is 1.34. The maximum absolute atomic E-state index is 11.1. The van der Waals surface area contributed by atoms with Gasteiger partial charge in [-0.05, 0) is 13.8 Å². The Hall–Kier alpha value is -1.06. The molecule has 0 saturated carbocycles. The van der Waals surface area contributed by atoms with E-state index >= 15 is 0 Å². The van der Waals surface area contributed by atoms with Crippen LogP contribution in [0.5, 0.6) is 0 Å². The van der Waals surface area contributed by atoms with Gasteiger partial charge in [0.25, 0.3) is 5.91 Å². The van der Waals surface area contributed by atoms with Crippen molar-refractivity contribution in [2.45, 2.75) is 20.8 Å². The van der Waals surface area contributed by atoms with Gasteiger partial charge < -0.3 is 4.84 Å². The Balaban J connectivity index is 2.46. The number of hydrogen-bond donors (Lipinski definition) is 0. The molecule has 0 aliphatic carbocycles. The van der Waals surface area contributed by atoms with Crippen LogP contribution in [0.1, 0.15) is 20.8 Å².